The summed E-state index contributed by atoms with van der Waals surface area (Å²) < 4.78 is 11.5. The molecule has 26 heavy (non-hydrogen) atoms. The zero-order valence-corrected chi connectivity index (χ0v) is 14.2. The largest absolute Gasteiger partial charge is 0.493 e. The fraction of sp³-hybridized carbons (Fsp3) is 0.0909. The lowest BCUT2D eigenvalue weighted by Crippen LogP contribution is -2.13. The van der Waals surface area contributed by atoms with Crippen molar-refractivity contribution in [3.63, 3.8) is 0 Å². The van der Waals surface area contributed by atoms with Crippen LogP contribution in [0.2, 0.25) is 0 Å². The normalized spacial score (nSPS) is 13.0. The number of ether oxygens (including phenoxy) is 2. The van der Waals surface area contributed by atoms with Gasteiger partial charge in [-0.05, 0) is 35.2 Å². The summed E-state index contributed by atoms with van der Waals surface area (Å²) in [4.78, 5) is 24.7. The van der Waals surface area contributed by atoms with E-state index in [9.17, 15) is 9.59 Å². The molecule has 3 aromatic rings. The van der Waals surface area contributed by atoms with Crippen molar-refractivity contribution in [2.75, 3.05) is 7.11 Å². The van der Waals surface area contributed by atoms with Crippen LogP contribution >= 0.6 is 0 Å². The Bertz CT molecular complexity index is 1050. The van der Waals surface area contributed by atoms with Crippen LogP contribution in [0.25, 0.3) is 10.8 Å². The van der Waals surface area contributed by atoms with Gasteiger partial charge in [-0.1, -0.05) is 42.5 Å². The molecule has 128 valence electrons. The second-order valence-electron chi connectivity index (χ2n) is 6.02. The van der Waals surface area contributed by atoms with E-state index in [4.69, 9.17) is 9.47 Å². The second kappa shape index (κ2) is 6.48. The third-order valence-corrected chi connectivity index (χ3v) is 4.45. The molecule has 0 amide bonds. The molecule has 3 aromatic carbocycles. The summed E-state index contributed by atoms with van der Waals surface area (Å²) in [6.45, 7) is 0.331. The third-order valence-electron chi connectivity index (χ3n) is 4.45. The predicted molar refractivity (Wildman–Crippen MR) is 99.1 cm³/mol. The van der Waals surface area contributed by atoms with Gasteiger partial charge in [-0.25, -0.2) is 0 Å². The number of carbonyl (C=O) groups is 2. The number of methoxy groups -OCH3 is 1. The van der Waals surface area contributed by atoms with E-state index in [1.807, 2.05) is 42.5 Å². The van der Waals surface area contributed by atoms with Crippen LogP contribution in [0.4, 0.5) is 0 Å². The maximum atomic E-state index is 12.5. The Morgan fingerprint density at radius 3 is 2.35 bits per heavy atom. The van der Waals surface area contributed by atoms with Gasteiger partial charge in [0.15, 0.2) is 23.1 Å². The Labute approximate surface area is 150 Å². The minimum atomic E-state index is -0.206. The molecular formula is C22H16O4. The molecule has 0 heterocycles. The van der Waals surface area contributed by atoms with Crippen LogP contribution in [0.15, 0.2) is 66.7 Å². The minimum Gasteiger partial charge on any atom is -0.493 e. The van der Waals surface area contributed by atoms with Gasteiger partial charge in [-0.2, -0.15) is 0 Å². The summed E-state index contributed by atoms with van der Waals surface area (Å²) in [5.41, 5.74) is 1.76. The molecule has 4 rings (SSSR count). The van der Waals surface area contributed by atoms with Crippen LogP contribution in [-0.4, -0.2) is 18.7 Å². The van der Waals surface area contributed by atoms with Crippen molar-refractivity contribution in [2.45, 2.75) is 6.61 Å². The first-order valence-corrected chi connectivity index (χ1v) is 8.26. The lowest BCUT2D eigenvalue weighted by Gasteiger charge is -2.18. The standard InChI is InChI=1S/C22H16O4/c1-25-19-12-8-15-7-9-16-17(23)10-11-18(24)21(16)20(15)22(19)26-13-14-5-3-2-4-6-14/h2-12H,13H2,1H3. The van der Waals surface area contributed by atoms with E-state index in [0.29, 0.717) is 34.6 Å². The first kappa shape index (κ1) is 16.1. The highest BCUT2D eigenvalue weighted by atomic mass is 16.5. The molecule has 0 saturated carbocycles. The quantitative estimate of drug-likeness (QED) is 0.705. The molecular weight excluding hydrogens is 328 g/mol. The highest BCUT2D eigenvalue weighted by Gasteiger charge is 2.25. The highest BCUT2D eigenvalue weighted by molar-refractivity contribution is 6.27. The van der Waals surface area contributed by atoms with Gasteiger partial charge in [0.1, 0.15) is 6.61 Å². The van der Waals surface area contributed by atoms with Gasteiger partial charge in [0.25, 0.3) is 0 Å². The number of fused-ring (bicyclic) bond motifs is 3. The topological polar surface area (TPSA) is 52.6 Å². The monoisotopic (exact) mass is 344 g/mol. The Hall–Kier alpha value is -3.40. The van der Waals surface area contributed by atoms with Crippen LogP contribution in [0.1, 0.15) is 26.3 Å². The van der Waals surface area contributed by atoms with Crippen molar-refractivity contribution in [3.05, 3.63) is 83.4 Å². The zero-order valence-electron chi connectivity index (χ0n) is 14.2. The lowest BCUT2D eigenvalue weighted by atomic mass is 9.89. The number of rotatable bonds is 4. The molecule has 0 aliphatic heterocycles. The zero-order chi connectivity index (χ0) is 18.1. The third kappa shape index (κ3) is 2.65. The number of benzene rings is 3. The number of hydrogen-bond acceptors (Lipinski definition) is 4. The van der Waals surface area contributed by atoms with Crippen molar-refractivity contribution in [3.8, 4) is 11.5 Å². The van der Waals surface area contributed by atoms with Crippen LogP contribution in [0, 0.1) is 0 Å². The van der Waals surface area contributed by atoms with Crippen LogP contribution in [-0.2, 0) is 6.61 Å². The number of allylic oxidation sites excluding steroid dienone is 2. The highest BCUT2D eigenvalue weighted by Crippen LogP contribution is 2.40. The molecule has 0 saturated heterocycles. The first-order chi connectivity index (χ1) is 12.7. The second-order valence-corrected chi connectivity index (χ2v) is 6.02. The molecule has 0 aromatic heterocycles. The van der Waals surface area contributed by atoms with Crippen molar-refractivity contribution < 1.29 is 19.1 Å². The Morgan fingerprint density at radius 2 is 1.58 bits per heavy atom. The van der Waals surface area contributed by atoms with Crippen LogP contribution in [0.3, 0.4) is 0 Å². The van der Waals surface area contributed by atoms with Crippen molar-refractivity contribution >= 4 is 22.3 Å². The molecule has 0 bridgehead atoms. The lowest BCUT2D eigenvalue weighted by molar-refractivity contribution is 0.0995. The van der Waals surface area contributed by atoms with Gasteiger partial charge in [-0.3, -0.25) is 9.59 Å². The Balaban J connectivity index is 1.91. The van der Waals surface area contributed by atoms with E-state index in [2.05, 4.69) is 0 Å². The Morgan fingerprint density at radius 1 is 0.846 bits per heavy atom. The maximum absolute atomic E-state index is 12.5. The van der Waals surface area contributed by atoms with Gasteiger partial charge in [-0.15, -0.1) is 0 Å². The summed E-state index contributed by atoms with van der Waals surface area (Å²) in [6, 6.07) is 16.9. The van der Waals surface area contributed by atoms with Crippen LogP contribution in [0.5, 0.6) is 11.5 Å². The van der Waals surface area contributed by atoms with Gasteiger partial charge in [0.2, 0.25) is 0 Å². The summed E-state index contributed by atoms with van der Waals surface area (Å²) in [6.07, 6.45) is 2.62. The number of carbonyl (C=O) groups excluding carboxylic acids is 2. The number of hydrogen-bond donors (Lipinski definition) is 0. The van der Waals surface area contributed by atoms with E-state index >= 15 is 0 Å². The van der Waals surface area contributed by atoms with Crippen LogP contribution < -0.4 is 9.47 Å². The average Bonchev–Trinajstić information content (AvgIpc) is 2.69. The summed E-state index contributed by atoms with van der Waals surface area (Å²) >= 11 is 0. The molecule has 0 spiro atoms. The molecule has 0 N–H and O–H groups in total. The van der Waals surface area contributed by atoms with Crippen molar-refractivity contribution in [2.24, 2.45) is 0 Å². The summed E-state index contributed by atoms with van der Waals surface area (Å²) in [7, 11) is 1.55. The minimum absolute atomic E-state index is 0.182. The Kier molecular flexibility index (Phi) is 4.01. The molecule has 0 fully saturated rings. The SMILES string of the molecule is COc1ccc2ccc3c(c2c1OCc1ccccc1)C(=O)C=CC3=O. The van der Waals surface area contributed by atoms with Gasteiger partial charge >= 0.3 is 0 Å². The van der Waals surface area contributed by atoms with Crippen molar-refractivity contribution in [1.29, 1.82) is 0 Å². The molecule has 0 unspecified atom stereocenters. The maximum Gasteiger partial charge on any atom is 0.187 e. The molecule has 4 nitrogen and oxygen atoms in total. The molecule has 4 heteroatoms. The van der Waals surface area contributed by atoms with E-state index in [0.717, 1.165) is 10.9 Å². The molecule has 0 atom stereocenters. The fourth-order valence-electron chi connectivity index (χ4n) is 3.19. The van der Waals surface area contributed by atoms with E-state index in [1.165, 1.54) is 12.2 Å². The summed E-state index contributed by atoms with van der Waals surface area (Å²) in [5, 5.41) is 1.43. The van der Waals surface area contributed by atoms with E-state index < -0.39 is 0 Å². The van der Waals surface area contributed by atoms with E-state index in [-0.39, 0.29) is 11.6 Å². The summed E-state index contributed by atoms with van der Waals surface area (Å²) in [5.74, 6) is 0.611. The molecule has 1 aliphatic carbocycles. The number of ketones is 2. The predicted octanol–water partition coefficient (Wildman–Crippen LogP) is 4.36. The van der Waals surface area contributed by atoms with Gasteiger partial charge < -0.3 is 9.47 Å². The van der Waals surface area contributed by atoms with Gasteiger partial charge in [0.05, 0.1) is 7.11 Å². The van der Waals surface area contributed by atoms with Crippen molar-refractivity contribution in [1.82, 2.24) is 0 Å². The van der Waals surface area contributed by atoms with E-state index in [1.54, 1.807) is 19.2 Å². The fourth-order valence-corrected chi connectivity index (χ4v) is 3.19. The molecule has 1 aliphatic rings. The first-order valence-electron chi connectivity index (χ1n) is 8.26. The molecule has 0 radical (unpaired) electrons. The van der Waals surface area contributed by atoms with Gasteiger partial charge in [0, 0.05) is 16.5 Å². The average molecular weight is 344 g/mol. The smallest absolute Gasteiger partial charge is 0.187 e.